The third-order valence-electron chi connectivity index (χ3n) is 2.75. The molecule has 5 heteroatoms. The molecule has 0 unspecified atom stereocenters. The normalized spacial score (nSPS) is 18.3. The standard InChI is InChI=1S/C10H13ClN2OS/c11-8-3-2-7(15-8)6-13-9(14)10(12)4-1-5-10/h2-3H,1,4-6,12H2,(H,13,14). The highest BCUT2D eigenvalue weighted by atomic mass is 35.5. The first-order chi connectivity index (χ1) is 7.10. The van der Waals surface area contributed by atoms with Gasteiger partial charge in [0.25, 0.3) is 0 Å². The second-order valence-corrected chi connectivity index (χ2v) is 5.70. The van der Waals surface area contributed by atoms with Crippen LogP contribution >= 0.6 is 22.9 Å². The van der Waals surface area contributed by atoms with Crippen molar-refractivity contribution in [2.24, 2.45) is 5.73 Å². The minimum atomic E-state index is -0.610. The number of amides is 1. The van der Waals surface area contributed by atoms with E-state index >= 15 is 0 Å². The molecule has 0 bridgehead atoms. The van der Waals surface area contributed by atoms with Gasteiger partial charge in [-0.15, -0.1) is 11.3 Å². The van der Waals surface area contributed by atoms with E-state index in [0.717, 1.165) is 28.5 Å². The number of carbonyl (C=O) groups is 1. The molecule has 0 radical (unpaired) electrons. The number of nitrogens with two attached hydrogens (primary N) is 1. The average molecular weight is 245 g/mol. The van der Waals surface area contributed by atoms with Gasteiger partial charge in [-0.2, -0.15) is 0 Å². The van der Waals surface area contributed by atoms with E-state index in [0.29, 0.717) is 6.54 Å². The maximum Gasteiger partial charge on any atom is 0.240 e. The Kier molecular flexibility index (Phi) is 3.00. The van der Waals surface area contributed by atoms with Crippen LogP contribution in [0.4, 0.5) is 0 Å². The maximum absolute atomic E-state index is 11.7. The lowest BCUT2D eigenvalue weighted by atomic mass is 9.77. The van der Waals surface area contributed by atoms with Gasteiger partial charge in [0.15, 0.2) is 0 Å². The highest BCUT2D eigenvalue weighted by Gasteiger charge is 2.39. The van der Waals surface area contributed by atoms with Crippen LogP contribution < -0.4 is 11.1 Å². The second kappa shape index (κ2) is 4.12. The van der Waals surface area contributed by atoms with Crippen LogP contribution in [0.5, 0.6) is 0 Å². The molecule has 15 heavy (non-hydrogen) atoms. The fourth-order valence-electron chi connectivity index (χ4n) is 1.57. The van der Waals surface area contributed by atoms with Crippen molar-refractivity contribution in [2.75, 3.05) is 0 Å². The van der Waals surface area contributed by atoms with E-state index in [1.807, 2.05) is 12.1 Å². The van der Waals surface area contributed by atoms with Crippen molar-refractivity contribution in [1.82, 2.24) is 5.32 Å². The fourth-order valence-corrected chi connectivity index (χ4v) is 2.60. The average Bonchev–Trinajstić information content (AvgIpc) is 2.57. The molecular weight excluding hydrogens is 232 g/mol. The van der Waals surface area contributed by atoms with Crippen molar-refractivity contribution in [3.8, 4) is 0 Å². The molecule has 1 aliphatic rings. The third kappa shape index (κ3) is 2.33. The second-order valence-electron chi connectivity index (χ2n) is 3.90. The van der Waals surface area contributed by atoms with E-state index in [1.54, 1.807) is 0 Å². The molecule has 1 aromatic heterocycles. The van der Waals surface area contributed by atoms with Crippen molar-refractivity contribution in [1.29, 1.82) is 0 Å². The Bertz CT molecular complexity index is 373. The van der Waals surface area contributed by atoms with Gasteiger partial charge in [0, 0.05) is 4.88 Å². The van der Waals surface area contributed by atoms with E-state index in [4.69, 9.17) is 17.3 Å². The Hall–Kier alpha value is -0.580. The molecule has 1 saturated carbocycles. The van der Waals surface area contributed by atoms with Crippen LogP contribution in [0.3, 0.4) is 0 Å². The Balaban J connectivity index is 1.85. The molecule has 0 aromatic carbocycles. The van der Waals surface area contributed by atoms with Gasteiger partial charge in [-0.1, -0.05) is 11.6 Å². The van der Waals surface area contributed by atoms with Crippen LogP contribution in [0, 0.1) is 0 Å². The van der Waals surface area contributed by atoms with E-state index in [1.165, 1.54) is 11.3 Å². The number of hydrogen-bond donors (Lipinski definition) is 2. The number of halogens is 1. The summed E-state index contributed by atoms with van der Waals surface area (Å²) in [6, 6.07) is 3.74. The van der Waals surface area contributed by atoms with Gasteiger partial charge < -0.3 is 11.1 Å². The van der Waals surface area contributed by atoms with Crippen LogP contribution in [0.25, 0.3) is 0 Å². The molecular formula is C10H13ClN2OS. The summed E-state index contributed by atoms with van der Waals surface area (Å²) >= 11 is 7.26. The maximum atomic E-state index is 11.7. The summed E-state index contributed by atoms with van der Waals surface area (Å²) in [6.07, 6.45) is 2.64. The lowest BCUT2D eigenvalue weighted by Crippen LogP contribution is -2.58. The molecule has 0 aliphatic heterocycles. The molecule has 3 nitrogen and oxygen atoms in total. The third-order valence-corrected chi connectivity index (χ3v) is 3.98. The minimum Gasteiger partial charge on any atom is -0.350 e. The van der Waals surface area contributed by atoms with Gasteiger partial charge in [0.1, 0.15) is 0 Å². The lowest BCUT2D eigenvalue weighted by Gasteiger charge is -2.36. The van der Waals surface area contributed by atoms with Crippen molar-refractivity contribution in [3.05, 3.63) is 21.3 Å². The van der Waals surface area contributed by atoms with E-state index < -0.39 is 5.54 Å². The highest BCUT2D eigenvalue weighted by molar-refractivity contribution is 7.16. The van der Waals surface area contributed by atoms with Crippen LogP contribution in [0.15, 0.2) is 12.1 Å². The minimum absolute atomic E-state index is 0.0433. The van der Waals surface area contributed by atoms with E-state index in [9.17, 15) is 4.79 Å². The summed E-state index contributed by atoms with van der Waals surface area (Å²) < 4.78 is 0.741. The zero-order chi connectivity index (χ0) is 10.9. The topological polar surface area (TPSA) is 55.1 Å². The van der Waals surface area contributed by atoms with Gasteiger partial charge in [-0.25, -0.2) is 0 Å². The number of carbonyl (C=O) groups excluding carboxylic acids is 1. The molecule has 1 heterocycles. The first-order valence-corrected chi connectivity index (χ1v) is 6.11. The summed E-state index contributed by atoms with van der Waals surface area (Å²) in [6.45, 7) is 0.523. The van der Waals surface area contributed by atoms with Crippen LogP contribution in [-0.2, 0) is 11.3 Å². The molecule has 0 saturated heterocycles. The molecule has 1 aliphatic carbocycles. The Labute approximate surface area is 97.6 Å². The molecule has 3 N–H and O–H groups in total. The van der Waals surface area contributed by atoms with Crippen LogP contribution in [0.2, 0.25) is 4.34 Å². The molecule has 0 atom stereocenters. The Morgan fingerprint density at radius 2 is 2.33 bits per heavy atom. The monoisotopic (exact) mass is 244 g/mol. The highest BCUT2D eigenvalue weighted by Crippen LogP contribution is 2.29. The van der Waals surface area contributed by atoms with Crippen LogP contribution in [-0.4, -0.2) is 11.4 Å². The number of thiophene rings is 1. The molecule has 82 valence electrons. The van der Waals surface area contributed by atoms with Gasteiger partial charge in [-0.3, -0.25) is 4.79 Å². The van der Waals surface area contributed by atoms with Gasteiger partial charge >= 0.3 is 0 Å². The van der Waals surface area contributed by atoms with E-state index in [2.05, 4.69) is 5.32 Å². The largest absolute Gasteiger partial charge is 0.350 e. The van der Waals surface area contributed by atoms with Crippen LogP contribution in [0.1, 0.15) is 24.1 Å². The summed E-state index contributed by atoms with van der Waals surface area (Å²) in [5.74, 6) is -0.0433. The summed E-state index contributed by atoms with van der Waals surface area (Å²) in [5.41, 5.74) is 5.27. The Morgan fingerprint density at radius 3 is 2.80 bits per heavy atom. The molecule has 1 amide bonds. The number of nitrogens with one attached hydrogen (secondary N) is 1. The zero-order valence-corrected chi connectivity index (χ0v) is 9.83. The lowest BCUT2D eigenvalue weighted by molar-refractivity contribution is -0.129. The molecule has 1 fully saturated rings. The number of rotatable bonds is 3. The summed E-state index contributed by atoms with van der Waals surface area (Å²) in [7, 11) is 0. The SMILES string of the molecule is NC1(C(=O)NCc2ccc(Cl)s2)CCC1. The summed E-state index contributed by atoms with van der Waals surface area (Å²) in [4.78, 5) is 12.7. The molecule has 2 rings (SSSR count). The zero-order valence-electron chi connectivity index (χ0n) is 8.25. The first-order valence-electron chi connectivity index (χ1n) is 4.91. The molecule has 1 aromatic rings. The van der Waals surface area contributed by atoms with Gasteiger partial charge in [0.05, 0.1) is 16.4 Å². The van der Waals surface area contributed by atoms with Gasteiger partial charge in [-0.05, 0) is 31.4 Å². The quantitative estimate of drug-likeness (QED) is 0.853. The van der Waals surface area contributed by atoms with Gasteiger partial charge in [0.2, 0.25) is 5.91 Å². The van der Waals surface area contributed by atoms with Crippen molar-refractivity contribution in [3.63, 3.8) is 0 Å². The van der Waals surface area contributed by atoms with Crippen molar-refractivity contribution in [2.45, 2.75) is 31.3 Å². The number of hydrogen-bond acceptors (Lipinski definition) is 3. The van der Waals surface area contributed by atoms with E-state index in [-0.39, 0.29) is 5.91 Å². The predicted octanol–water partition coefficient (Wildman–Crippen LogP) is 1.90. The first kappa shape index (κ1) is 10.9. The molecule has 0 spiro atoms. The fraction of sp³-hybridized carbons (Fsp3) is 0.500. The Morgan fingerprint density at radius 1 is 1.60 bits per heavy atom. The summed E-state index contributed by atoms with van der Waals surface area (Å²) in [5, 5.41) is 2.84. The smallest absolute Gasteiger partial charge is 0.240 e. The predicted molar refractivity (Wildman–Crippen MR) is 61.9 cm³/mol. The van der Waals surface area contributed by atoms with Crippen molar-refractivity contribution < 1.29 is 4.79 Å². The van der Waals surface area contributed by atoms with Crippen molar-refractivity contribution >= 4 is 28.8 Å².